The molecule has 98 valence electrons. The van der Waals surface area contributed by atoms with E-state index in [1.54, 1.807) is 0 Å². The Hall–Kier alpha value is -0.860. The van der Waals surface area contributed by atoms with Gasteiger partial charge in [0.15, 0.2) is 0 Å². The minimum Gasteiger partial charge on any atom is -0.383 e. The van der Waals surface area contributed by atoms with Crippen molar-refractivity contribution in [1.29, 1.82) is 0 Å². The van der Waals surface area contributed by atoms with Gasteiger partial charge in [-0.1, -0.05) is 43.5 Å². The van der Waals surface area contributed by atoms with E-state index in [4.69, 9.17) is 0 Å². The Bertz CT molecular complexity index is 436. The maximum atomic E-state index is 11.2. The summed E-state index contributed by atoms with van der Waals surface area (Å²) in [5.41, 5.74) is 2.12. The molecule has 2 heteroatoms. The van der Waals surface area contributed by atoms with E-state index in [-0.39, 0.29) is 5.54 Å². The first-order valence-electron chi connectivity index (χ1n) is 7.31. The highest BCUT2D eigenvalue weighted by atomic mass is 16.3. The van der Waals surface area contributed by atoms with E-state index >= 15 is 0 Å². The molecule has 3 rings (SSSR count). The Morgan fingerprint density at radius 1 is 1.11 bits per heavy atom. The minimum atomic E-state index is -0.526. The zero-order valence-corrected chi connectivity index (χ0v) is 11.3. The Morgan fingerprint density at radius 2 is 1.83 bits per heavy atom. The van der Waals surface area contributed by atoms with Crippen molar-refractivity contribution in [2.24, 2.45) is 0 Å². The van der Waals surface area contributed by atoms with Crippen molar-refractivity contribution in [2.75, 3.05) is 6.54 Å². The van der Waals surface area contributed by atoms with Crippen LogP contribution in [0.3, 0.4) is 0 Å². The van der Waals surface area contributed by atoms with Gasteiger partial charge in [0.05, 0.1) is 6.54 Å². The molecular weight excluding hydrogens is 222 g/mol. The average molecular weight is 246 g/mol. The van der Waals surface area contributed by atoms with Crippen LogP contribution in [0.2, 0.25) is 0 Å². The van der Waals surface area contributed by atoms with Crippen molar-refractivity contribution in [2.45, 2.75) is 56.6 Å². The molecule has 3 N–H and O–H groups in total. The van der Waals surface area contributed by atoms with Crippen LogP contribution in [0.1, 0.15) is 50.2 Å². The number of nitrogens with two attached hydrogens (primary N) is 1. The van der Waals surface area contributed by atoms with Crippen LogP contribution in [0.25, 0.3) is 0 Å². The molecule has 0 bridgehead atoms. The molecule has 0 unspecified atom stereocenters. The average Bonchev–Trinajstić information content (AvgIpc) is 2.40. The normalized spacial score (nSPS) is 30.8. The van der Waals surface area contributed by atoms with Crippen LogP contribution in [0.15, 0.2) is 24.3 Å². The van der Waals surface area contributed by atoms with E-state index in [0.29, 0.717) is 0 Å². The first-order valence-corrected chi connectivity index (χ1v) is 7.31. The molecule has 1 aliphatic heterocycles. The minimum absolute atomic E-state index is 0.151. The maximum Gasteiger partial charge on any atom is 0.148 e. The van der Waals surface area contributed by atoms with Crippen LogP contribution in [-0.2, 0) is 12.0 Å². The van der Waals surface area contributed by atoms with Crippen molar-refractivity contribution in [1.82, 2.24) is 0 Å². The van der Waals surface area contributed by atoms with Gasteiger partial charge in [0.2, 0.25) is 0 Å². The van der Waals surface area contributed by atoms with Gasteiger partial charge in [-0.25, -0.2) is 0 Å². The molecule has 1 atom stereocenters. The molecule has 1 aliphatic carbocycles. The molecule has 2 nitrogen and oxygen atoms in total. The zero-order chi connectivity index (χ0) is 12.6. The Morgan fingerprint density at radius 3 is 2.61 bits per heavy atom. The number of aliphatic hydroxyl groups is 1. The molecule has 0 spiro atoms. The summed E-state index contributed by atoms with van der Waals surface area (Å²) in [4.78, 5) is 0. The van der Waals surface area contributed by atoms with E-state index in [2.05, 4.69) is 36.5 Å². The number of hydrogen-bond donors (Lipinski definition) is 2. The predicted molar refractivity (Wildman–Crippen MR) is 72.3 cm³/mol. The van der Waals surface area contributed by atoms with E-state index < -0.39 is 5.60 Å². The number of rotatable bonds is 1. The predicted octanol–water partition coefficient (Wildman–Crippen LogP) is 1.72. The molecule has 1 saturated carbocycles. The van der Waals surface area contributed by atoms with Gasteiger partial charge in [0, 0.05) is 12.0 Å². The summed E-state index contributed by atoms with van der Waals surface area (Å²) in [6, 6.07) is 8.68. The van der Waals surface area contributed by atoms with Gasteiger partial charge >= 0.3 is 0 Å². The fourth-order valence-electron chi connectivity index (χ4n) is 3.97. The van der Waals surface area contributed by atoms with Gasteiger partial charge in [-0.05, 0) is 25.3 Å². The number of benzene rings is 1. The van der Waals surface area contributed by atoms with Gasteiger partial charge in [-0.3, -0.25) is 0 Å². The van der Waals surface area contributed by atoms with Gasteiger partial charge in [-0.2, -0.15) is 0 Å². The molecule has 0 amide bonds. The summed E-state index contributed by atoms with van der Waals surface area (Å²) in [6.07, 6.45) is 6.65. The van der Waals surface area contributed by atoms with E-state index in [9.17, 15) is 5.11 Å². The molecular formula is C16H24NO+. The van der Waals surface area contributed by atoms with Crippen molar-refractivity contribution < 1.29 is 10.4 Å². The molecule has 18 heavy (non-hydrogen) atoms. The second-order valence-corrected chi connectivity index (χ2v) is 6.19. The fraction of sp³-hybridized carbons (Fsp3) is 0.625. The third-order valence-corrected chi connectivity index (χ3v) is 5.19. The summed E-state index contributed by atoms with van der Waals surface area (Å²) >= 11 is 0. The standard InChI is InChI=1S/C16H23NO/c1-15(16(18)10-5-2-6-11-16)14-8-4-3-7-13(14)9-12-17-15/h3-4,7-8,17-18H,2,5-6,9-12H2,1H3/p+1/t15-/m0/s1. The highest BCUT2D eigenvalue weighted by molar-refractivity contribution is 5.35. The first kappa shape index (κ1) is 12.2. The van der Waals surface area contributed by atoms with Gasteiger partial charge in [0.1, 0.15) is 11.1 Å². The molecule has 0 saturated heterocycles. The quantitative estimate of drug-likeness (QED) is 0.778. The summed E-state index contributed by atoms with van der Waals surface area (Å²) in [5, 5.41) is 13.5. The van der Waals surface area contributed by atoms with E-state index in [0.717, 1.165) is 25.8 Å². The summed E-state index contributed by atoms with van der Waals surface area (Å²) < 4.78 is 0. The van der Waals surface area contributed by atoms with Gasteiger partial charge in [-0.15, -0.1) is 0 Å². The fourth-order valence-corrected chi connectivity index (χ4v) is 3.97. The number of quaternary nitrogens is 1. The summed E-state index contributed by atoms with van der Waals surface area (Å²) in [5.74, 6) is 0. The Balaban J connectivity index is 2.04. The topological polar surface area (TPSA) is 36.8 Å². The Labute approximate surface area is 109 Å². The molecule has 1 fully saturated rings. The van der Waals surface area contributed by atoms with E-state index in [1.807, 2.05) is 0 Å². The lowest BCUT2D eigenvalue weighted by atomic mass is 9.66. The zero-order valence-electron chi connectivity index (χ0n) is 11.3. The molecule has 1 aromatic rings. The van der Waals surface area contributed by atoms with Crippen LogP contribution in [0.5, 0.6) is 0 Å². The van der Waals surface area contributed by atoms with E-state index in [1.165, 1.54) is 30.4 Å². The Kier molecular flexibility index (Phi) is 2.95. The number of hydrogen-bond acceptors (Lipinski definition) is 1. The molecule has 1 heterocycles. The van der Waals surface area contributed by atoms with Crippen LogP contribution in [-0.4, -0.2) is 17.3 Å². The highest BCUT2D eigenvalue weighted by Gasteiger charge is 2.53. The van der Waals surface area contributed by atoms with Gasteiger partial charge < -0.3 is 10.4 Å². The monoisotopic (exact) mass is 246 g/mol. The van der Waals surface area contributed by atoms with Crippen LogP contribution in [0.4, 0.5) is 0 Å². The third-order valence-electron chi connectivity index (χ3n) is 5.19. The highest BCUT2D eigenvalue weighted by Crippen LogP contribution is 2.42. The van der Waals surface area contributed by atoms with Crippen molar-refractivity contribution in [3.05, 3.63) is 35.4 Å². The molecule has 2 aliphatic rings. The summed E-state index contributed by atoms with van der Waals surface area (Å²) in [7, 11) is 0. The lowest BCUT2D eigenvalue weighted by Gasteiger charge is -2.47. The first-order chi connectivity index (χ1) is 8.66. The largest absolute Gasteiger partial charge is 0.383 e. The van der Waals surface area contributed by atoms with Crippen LogP contribution in [0, 0.1) is 0 Å². The molecule has 0 radical (unpaired) electrons. The second kappa shape index (κ2) is 4.36. The third kappa shape index (κ3) is 1.70. The second-order valence-electron chi connectivity index (χ2n) is 6.19. The molecule has 1 aromatic carbocycles. The van der Waals surface area contributed by atoms with Crippen LogP contribution < -0.4 is 5.32 Å². The summed E-state index contributed by atoms with van der Waals surface area (Å²) in [6.45, 7) is 3.34. The van der Waals surface area contributed by atoms with Crippen LogP contribution >= 0.6 is 0 Å². The number of fused-ring (bicyclic) bond motifs is 1. The van der Waals surface area contributed by atoms with Gasteiger partial charge in [0.25, 0.3) is 0 Å². The lowest BCUT2D eigenvalue weighted by Crippen LogP contribution is -3.00. The van der Waals surface area contributed by atoms with Crippen molar-refractivity contribution in [3.8, 4) is 0 Å². The SMILES string of the molecule is C[C@]1(C2(O)CCCCC2)[NH2+]CCc2ccccc21. The smallest absolute Gasteiger partial charge is 0.148 e. The van der Waals surface area contributed by atoms with Crippen molar-refractivity contribution >= 4 is 0 Å². The maximum absolute atomic E-state index is 11.2. The van der Waals surface area contributed by atoms with Crippen molar-refractivity contribution in [3.63, 3.8) is 0 Å². The lowest BCUT2D eigenvalue weighted by molar-refractivity contribution is -0.753. The molecule has 0 aromatic heterocycles.